The van der Waals surface area contributed by atoms with Crippen LogP contribution in [0.2, 0.25) is 0 Å². The molecule has 1 aliphatic heterocycles. The predicted molar refractivity (Wildman–Crippen MR) is 40.8 cm³/mol. The standard InChI is InChI=1S/C5H3BrN3O3/c6-1-2(3(7)10)8-5(12)9-4(1)11/h(H2,7,10)(H,9,11,12). The molecule has 12 heavy (non-hydrogen) atoms. The van der Waals surface area contributed by atoms with E-state index in [0.717, 1.165) is 0 Å². The van der Waals surface area contributed by atoms with Crippen LogP contribution in [0.15, 0.2) is 10.2 Å². The van der Waals surface area contributed by atoms with Gasteiger partial charge < -0.3 is 5.73 Å². The van der Waals surface area contributed by atoms with Crippen LogP contribution in [0.1, 0.15) is 0 Å². The van der Waals surface area contributed by atoms with Crippen LogP contribution in [0.4, 0.5) is 4.79 Å². The van der Waals surface area contributed by atoms with E-state index < -0.39 is 17.8 Å². The number of nitrogens with one attached hydrogen (secondary N) is 1. The molecule has 63 valence electrons. The highest BCUT2D eigenvalue weighted by Crippen LogP contribution is 2.13. The highest BCUT2D eigenvalue weighted by Gasteiger charge is 2.27. The molecule has 0 unspecified atom stereocenters. The number of urea groups is 1. The maximum absolute atomic E-state index is 10.8. The summed E-state index contributed by atoms with van der Waals surface area (Å²) in [6.07, 6.45) is 0. The van der Waals surface area contributed by atoms with Crippen molar-refractivity contribution >= 4 is 33.8 Å². The molecule has 3 N–H and O–H groups in total. The third kappa shape index (κ3) is 1.45. The average molecular weight is 233 g/mol. The Hall–Kier alpha value is -1.37. The topological polar surface area (TPSA) is 103 Å². The van der Waals surface area contributed by atoms with Crippen molar-refractivity contribution in [1.29, 1.82) is 0 Å². The molecular formula is C5H3BrN3O3. The Labute approximate surface area is 75.3 Å². The van der Waals surface area contributed by atoms with Crippen molar-refractivity contribution in [1.82, 2.24) is 10.6 Å². The first-order chi connectivity index (χ1) is 5.52. The summed E-state index contributed by atoms with van der Waals surface area (Å²) in [5, 5.41) is 5.06. The molecule has 1 heterocycles. The Morgan fingerprint density at radius 3 is 2.58 bits per heavy atom. The van der Waals surface area contributed by atoms with Gasteiger partial charge in [-0.25, -0.2) is 4.79 Å². The van der Waals surface area contributed by atoms with E-state index in [1.165, 1.54) is 0 Å². The van der Waals surface area contributed by atoms with E-state index in [2.05, 4.69) is 21.2 Å². The van der Waals surface area contributed by atoms with Crippen molar-refractivity contribution in [2.45, 2.75) is 0 Å². The lowest BCUT2D eigenvalue weighted by Crippen LogP contribution is -2.43. The van der Waals surface area contributed by atoms with Gasteiger partial charge in [-0.05, 0) is 15.9 Å². The van der Waals surface area contributed by atoms with E-state index >= 15 is 0 Å². The summed E-state index contributed by atoms with van der Waals surface area (Å²) >= 11 is 2.77. The Kier molecular flexibility index (Phi) is 2.13. The van der Waals surface area contributed by atoms with E-state index in [0.29, 0.717) is 0 Å². The largest absolute Gasteiger partial charge is 0.364 e. The molecule has 1 aliphatic rings. The van der Waals surface area contributed by atoms with Gasteiger partial charge in [-0.1, -0.05) is 0 Å². The number of nitrogens with zero attached hydrogens (tertiary/aromatic N) is 1. The second kappa shape index (κ2) is 2.94. The summed E-state index contributed by atoms with van der Waals surface area (Å²) in [7, 11) is 0. The number of halogens is 1. The number of carbonyl (C=O) groups is 3. The van der Waals surface area contributed by atoms with E-state index in [1.807, 2.05) is 5.32 Å². The molecule has 6 nitrogen and oxygen atoms in total. The first-order valence-electron chi connectivity index (χ1n) is 2.79. The molecule has 1 radical (unpaired) electrons. The zero-order valence-electron chi connectivity index (χ0n) is 5.63. The second-order valence-electron chi connectivity index (χ2n) is 1.90. The Morgan fingerprint density at radius 2 is 2.08 bits per heavy atom. The molecule has 0 aromatic rings. The van der Waals surface area contributed by atoms with Gasteiger partial charge in [-0.2, -0.15) is 5.32 Å². The van der Waals surface area contributed by atoms with E-state index in [9.17, 15) is 14.4 Å². The van der Waals surface area contributed by atoms with Crippen LogP contribution in [-0.2, 0) is 9.59 Å². The number of carbonyl (C=O) groups excluding carboxylic acids is 3. The van der Waals surface area contributed by atoms with Crippen molar-refractivity contribution in [3.63, 3.8) is 0 Å². The number of imide groups is 1. The van der Waals surface area contributed by atoms with Gasteiger partial charge in [0.15, 0.2) is 5.70 Å². The van der Waals surface area contributed by atoms with Crippen molar-refractivity contribution in [3.8, 4) is 0 Å². The van der Waals surface area contributed by atoms with Gasteiger partial charge in [-0.3, -0.25) is 14.9 Å². The zero-order valence-corrected chi connectivity index (χ0v) is 7.21. The molecule has 0 fully saturated rings. The molecule has 0 saturated heterocycles. The van der Waals surface area contributed by atoms with E-state index in [-0.39, 0.29) is 10.2 Å². The predicted octanol–water partition coefficient (Wildman–Crippen LogP) is -1.07. The van der Waals surface area contributed by atoms with Crippen molar-refractivity contribution in [2.75, 3.05) is 0 Å². The molecule has 0 bridgehead atoms. The van der Waals surface area contributed by atoms with E-state index in [4.69, 9.17) is 5.73 Å². The van der Waals surface area contributed by atoms with Crippen molar-refractivity contribution in [2.24, 2.45) is 5.73 Å². The quantitative estimate of drug-likeness (QED) is 0.602. The van der Waals surface area contributed by atoms with Gasteiger partial charge in [-0.15, -0.1) is 0 Å². The normalized spacial score (nSPS) is 17.1. The third-order valence-electron chi connectivity index (χ3n) is 1.07. The molecule has 7 heteroatoms. The maximum atomic E-state index is 10.8. The Bertz CT molecular complexity index is 309. The fourth-order valence-corrected chi connectivity index (χ4v) is 0.985. The number of rotatable bonds is 1. The zero-order chi connectivity index (χ0) is 9.30. The average Bonchev–Trinajstić information content (AvgIpc) is 1.96. The second-order valence-corrected chi connectivity index (χ2v) is 2.69. The number of primary amides is 1. The molecule has 0 atom stereocenters. The van der Waals surface area contributed by atoms with Gasteiger partial charge >= 0.3 is 6.03 Å². The molecule has 0 spiro atoms. The number of hydrogen-bond acceptors (Lipinski definition) is 3. The van der Waals surface area contributed by atoms with Crippen LogP contribution in [0.5, 0.6) is 0 Å². The minimum absolute atomic E-state index is 0.130. The number of nitrogens with two attached hydrogens (primary N) is 1. The lowest BCUT2D eigenvalue weighted by atomic mass is 10.3. The lowest BCUT2D eigenvalue weighted by molar-refractivity contribution is -0.118. The van der Waals surface area contributed by atoms with Gasteiger partial charge in [0.05, 0.1) is 0 Å². The first-order valence-corrected chi connectivity index (χ1v) is 3.58. The summed E-state index contributed by atoms with van der Waals surface area (Å²) in [6.45, 7) is 0. The van der Waals surface area contributed by atoms with Crippen LogP contribution in [0.3, 0.4) is 0 Å². The molecule has 1 rings (SSSR count). The smallest absolute Gasteiger partial charge is 0.348 e. The van der Waals surface area contributed by atoms with Crippen LogP contribution in [-0.4, -0.2) is 17.8 Å². The van der Waals surface area contributed by atoms with Crippen molar-refractivity contribution in [3.05, 3.63) is 10.2 Å². The monoisotopic (exact) mass is 232 g/mol. The minimum Gasteiger partial charge on any atom is -0.364 e. The molecule has 0 aliphatic carbocycles. The molecular weight excluding hydrogens is 230 g/mol. The highest BCUT2D eigenvalue weighted by molar-refractivity contribution is 9.12. The summed E-state index contributed by atoms with van der Waals surface area (Å²) < 4.78 is -0.130. The summed E-state index contributed by atoms with van der Waals surface area (Å²) in [5.41, 5.74) is 4.47. The van der Waals surface area contributed by atoms with Crippen LogP contribution >= 0.6 is 15.9 Å². The highest BCUT2D eigenvalue weighted by atomic mass is 79.9. The SMILES string of the molecule is NC(=O)C1=C(Br)C(=O)NC(=O)[N]1. The lowest BCUT2D eigenvalue weighted by Gasteiger charge is -2.11. The van der Waals surface area contributed by atoms with Gasteiger partial charge in [0, 0.05) is 0 Å². The molecule has 0 aromatic carbocycles. The summed E-state index contributed by atoms with van der Waals surface area (Å²) in [6, 6.07) is -0.892. The number of amides is 4. The third-order valence-corrected chi connectivity index (χ3v) is 1.81. The number of hydrogen-bond donors (Lipinski definition) is 2. The van der Waals surface area contributed by atoms with Gasteiger partial charge in [0.25, 0.3) is 11.8 Å². The van der Waals surface area contributed by atoms with Crippen LogP contribution < -0.4 is 16.4 Å². The molecule has 0 saturated carbocycles. The van der Waals surface area contributed by atoms with Gasteiger partial charge in [0.1, 0.15) is 4.48 Å². The Morgan fingerprint density at radius 1 is 1.50 bits per heavy atom. The maximum Gasteiger partial charge on any atom is 0.348 e. The fourth-order valence-electron chi connectivity index (χ4n) is 0.601. The molecule has 4 amide bonds. The summed E-state index contributed by atoms with van der Waals surface area (Å²) in [5.74, 6) is -1.64. The van der Waals surface area contributed by atoms with Crippen molar-refractivity contribution < 1.29 is 14.4 Å². The fraction of sp³-hybridized carbons (Fsp3) is 0. The Balaban J connectivity index is 3.09. The molecule has 0 aromatic heterocycles. The van der Waals surface area contributed by atoms with E-state index in [1.54, 1.807) is 0 Å². The van der Waals surface area contributed by atoms with Crippen LogP contribution in [0, 0.1) is 0 Å². The van der Waals surface area contributed by atoms with Gasteiger partial charge in [0.2, 0.25) is 0 Å². The summed E-state index contributed by atoms with van der Waals surface area (Å²) in [4.78, 5) is 32.0. The minimum atomic E-state index is -0.926. The van der Waals surface area contributed by atoms with Crippen LogP contribution in [0.25, 0.3) is 0 Å². The first kappa shape index (κ1) is 8.72.